The van der Waals surface area contributed by atoms with E-state index in [2.05, 4.69) is 17.1 Å². The Morgan fingerprint density at radius 2 is 1.44 bits per heavy atom. The van der Waals surface area contributed by atoms with Crippen molar-refractivity contribution in [1.82, 2.24) is 15.0 Å². The zero-order valence-electron chi connectivity index (χ0n) is 19.3. The lowest BCUT2D eigenvalue weighted by atomic mass is 10.1. The molecule has 0 unspecified atom stereocenters. The molecule has 1 aromatic heterocycles. The second-order valence-corrected chi connectivity index (χ2v) is 9.62. The number of nitrogens with zero attached hydrogens (tertiary/aromatic N) is 3. The van der Waals surface area contributed by atoms with Gasteiger partial charge in [-0.1, -0.05) is 69.4 Å². The van der Waals surface area contributed by atoms with Gasteiger partial charge < -0.3 is 8.92 Å². The van der Waals surface area contributed by atoms with E-state index < -0.39 is 10.1 Å². The normalized spacial score (nSPS) is 11.6. The predicted molar refractivity (Wildman–Crippen MR) is 132 cm³/mol. The zero-order valence-corrected chi connectivity index (χ0v) is 20.1. The van der Waals surface area contributed by atoms with Gasteiger partial charge in [0.2, 0.25) is 0 Å². The first-order chi connectivity index (χ1) is 16.6. The molecule has 1 heterocycles. The van der Waals surface area contributed by atoms with Crippen molar-refractivity contribution in [2.45, 2.75) is 50.3 Å². The molecule has 0 spiro atoms. The maximum absolute atomic E-state index is 12.9. The number of benzene rings is 3. The van der Waals surface area contributed by atoms with E-state index in [-0.39, 0.29) is 10.6 Å². The fourth-order valence-electron chi connectivity index (χ4n) is 3.61. The first kappa shape index (κ1) is 23.8. The molecule has 178 valence electrons. The number of ether oxygens (including phenoxy) is 1. The molecule has 0 aliphatic rings. The predicted octanol–water partition coefficient (Wildman–Crippen LogP) is 5.93. The number of hydrogen-bond acceptors (Lipinski definition) is 6. The minimum atomic E-state index is -4.05. The summed E-state index contributed by atoms with van der Waals surface area (Å²) in [5.41, 5.74) is 1.80. The Labute approximate surface area is 200 Å². The molecule has 8 heteroatoms. The van der Waals surface area contributed by atoms with E-state index >= 15 is 0 Å². The van der Waals surface area contributed by atoms with E-state index in [0.717, 1.165) is 12.8 Å². The maximum Gasteiger partial charge on any atom is 0.339 e. The van der Waals surface area contributed by atoms with Crippen LogP contribution >= 0.6 is 0 Å². The summed E-state index contributed by atoms with van der Waals surface area (Å²) in [6, 6.07) is 20.6. The van der Waals surface area contributed by atoms with E-state index in [0.29, 0.717) is 29.1 Å². The second-order valence-electron chi connectivity index (χ2n) is 8.07. The SMILES string of the molecule is CCCCCCCCOc1ccc(-n2nc3ccccc3n2)c(OS(=O)(=O)c2ccccc2)c1. The molecule has 0 fully saturated rings. The van der Waals surface area contributed by atoms with Crippen molar-refractivity contribution < 1.29 is 17.3 Å². The van der Waals surface area contributed by atoms with E-state index in [1.54, 1.807) is 36.4 Å². The molecule has 34 heavy (non-hydrogen) atoms. The lowest BCUT2D eigenvalue weighted by Gasteiger charge is -2.13. The Hall–Kier alpha value is -3.39. The van der Waals surface area contributed by atoms with E-state index in [4.69, 9.17) is 8.92 Å². The monoisotopic (exact) mass is 479 g/mol. The molecule has 0 amide bonds. The summed E-state index contributed by atoms with van der Waals surface area (Å²) in [5, 5.41) is 8.95. The number of unbranched alkanes of at least 4 members (excludes halogenated alkanes) is 5. The molecule has 0 aliphatic heterocycles. The number of rotatable bonds is 12. The summed E-state index contributed by atoms with van der Waals surface area (Å²) < 4.78 is 37.4. The van der Waals surface area contributed by atoms with Gasteiger partial charge in [-0.05, 0) is 42.8 Å². The highest BCUT2D eigenvalue weighted by molar-refractivity contribution is 7.87. The quantitative estimate of drug-likeness (QED) is 0.185. The van der Waals surface area contributed by atoms with Crippen LogP contribution in [-0.2, 0) is 10.1 Å². The van der Waals surface area contributed by atoms with Gasteiger partial charge in [-0.25, -0.2) is 0 Å². The summed E-state index contributed by atoms with van der Waals surface area (Å²) in [4.78, 5) is 1.45. The third-order valence-electron chi connectivity index (χ3n) is 5.43. The van der Waals surface area contributed by atoms with Crippen LogP contribution in [0.15, 0.2) is 77.7 Å². The van der Waals surface area contributed by atoms with E-state index in [1.807, 2.05) is 24.3 Å². The van der Waals surface area contributed by atoms with Crippen LogP contribution in [0.2, 0.25) is 0 Å². The minimum absolute atomic E-state index is 0.0675. The fraction of sp³-hybridized carbons (Fsp3) is 0.308. The van der Waals surface area contributed by atoms with Crippen LogP contribution in [-0.4, -0.2) is 30.0 Å². The molecular weight excluding hydrogens is 450 g/mol. The molecule has 0 N–H and O–H groups in total. The summed E-state index contributed by atoms with van der Waals surface area (Å²) >= 11 is 0. The molecule has 0 saturated heterocycles. The summed E-state index contributed by atoms with van der Waals surface area (Å²) in [5.74, 6) is 0.636. The average molecular weight is 480 g/mol. The van der Waals surface area contributed by atoms with Crippen molar-refractivity contribution in [2.75, 3.05) is 6.61 Å². The Morgan fingerprint density at radius 3 is 2.15 bits per heavy atom. The number of fused-ring (bicyclic) bond motifs is 1. The number of hydrogen-bond donors (Lipinski definition) is 0. The van der Waals surface area contributed by atoms with Gasteiger partial charge in [0.05, 0.1) is 6.61 Å². The van der Waals surface area contributed by atoms with Gasteiger partial charge in [0, 0.05) is 6.07 Å². The van der Waals surface area contributed by atoms with Gasteiger partial charge in [-0.2, -0.15) is 8.42 Å². The number of aromatic nitrogens is 3. The van der Waals surface area contributed by atoms with Crippen molar-refractivity contribution in [3.63, 3.8) is 0 Å². The van der Waals surface area contributed by atoms with Gasteiger partial charge in [-0.15, -0.1) is 15.0 Å². The first-order valence-electron chi connectivity index (χ1n) is 11.7. The fourth-order valence-corrected chi connectivity index (χ4v) is 4.57. The van der Waals surface area contributed by atoms with E-state index in [9.17, 15) is 8.42 Å². The zero-order chi connectivity index (χ0) is 23.8. The Kier molecular flexibility index (Phi) is 7.80. The summed E-state index contributed by atoms with van der Waals surface area (Å²) in [7, 11) is -4.05. The smallest absolute Gasteiger partial charge is 0.339 e. The molecule has 0 atom stereocenters. The van der Waals surface area contributed by atoms with E-state index in [1.165, 1.54) is 42.6 Å². The van der Waals surface area contributed by atoms with Crippen molar-refractivity contribution in [2.24, 2.45) is 0 Å². The molecule has 0 bridgehead atoms. The first-order valence-corrected chi connectivity index (χ1v) is 13.1. The van der Waals surface area contributed by atoms with Gasteiger partial charge in [0.15, 0.2) is 5.75 Å². The molecule has 7 nitrogen and oxygen atoms in total. The van der Waals surface area contributed by atoms with Crippen LogP contribution < -0.4 is 8.92 Å². The van der Waals surface area contributed by atoms with Crippen molar-refractivity contribution >= 4 is 21.2 Å². The van der Waals surface area contributed by atoms with Crippen molar-refractivity contribution in [3.05, 3.63) is 72.8 Å². The highest BCUT2D eigenvalue weighted by atomic mass is 32.2. The molecule has 4 aromatic rings. The molecular formula is C26H29N3O4S. The molecule has 4 rings (SSSR count). The average Bonchev–Trinajstić information content (AvgIpc) is 3.28. The van der Waals surface area contributed by atoms with Crippen LogP contribution in [0.4, 0.5) is 0 Å². The Balaban J connectivity index is 1.58. The Bertz CT molecular complexity index is 1290. The Morgan fingerprint density at radius 1 is 0.794 bits per heavy atom. The highest BCUT2D eigenvalue weighted by Crippen LogP contribution is 2.31. The van der Waals surface area contributed by atoms with Gasteiger partial charge in [0.25, 0.3) is 0 Å². The summed E-state index contributed by atoms with van der Waals surface area (Å²) in [6.45, 7) is 2.76. The maximum atomic E-state index is 12.9. The standard InChI is InChI=1S/C26H29N3O4S/c1-2-3-4-5-6-12-19-32-21-17-18-25(29-27-23-15-10-11-16-24(23)28-29)26(20-21)33-34(30,31)22-13-8-7-9-14-22/h7-11,13-18,20H,2-6,12,19H2,1H3. The van der Waals surface area contributed by atoms with Gasteiger partial charge in [0.1, 0.15) is 27.4 Å². The molecule has 0 radical (unpaired) electrons. The second kappa shape index (κ2) is 11.2. The summed E-state index contributed by atoms with van der Waals surface area (Å²) in [6.07, 6.45) is 6.96. The molecule has 0 aliphatic carbocycles. The largest absolute Gasteiger partial charge is 0.493 e. The minimum Gasteiger partial charge on any atom is -0.493 e. The van der Waals surface area contributed by atoms with Gasteiger partial charge >= 0.3 is 10.1 Å². The van der Waals surface area contributed by atoms with Crippen LogP contribution in [0, 0.1) is 0 Å². The van der Waals surface area contributed by atoms with Crippen LogP contribution in [0.1, 0.15) is 45.4 Å². The molecule has 0 saturated carbocycles. The van der Waals surface area contributed by atoms with Crippen molar-refractivity contribution in [3.8, 4) is 17.2 Å². The lowest BCUT2D eigenvalue weighted by molar-refractivity contribution is 0.303. The van der Waals surface area contributed by atoms with Crippen LogP contribution in [0.5, 0.6) is 11.5 Å². The third kappa shape index (κ3) is 5.94. The lowest BCUT2D eigenvalue weighted by Crippen LogP contribution is -2.12. The topological polar surface area (TPSA) is 83.3 Å². The van der Waals surface area contributed by atoms with Gasteiger partial charge in [-0.3, -0.25) is 0 Å². The highest BCUT2D eigenvalue weighted by Gasteiger charge is 2.21. The third-order valence-corrected chi connectivity index (χ3v) is 6.68. The van der Waals surface area contributed by atoms with Crippen LogP contribution in [0.25, 0.3) is 16.7 Å². The molecule has 3 aromatic carbocycles. The van der Waals surface area contributed by atoms with Crippen LogP contribution in [0.3, 0.4) is 0 Å². The van der Waals surface area contributed by atoms with Crippen molar-refractivity contribution in [1.29, 1.82) is 0 Å².